The van der Waals surface area contributed by atoms with Gasteiger partial charge in [0.15, 0.2) is 0 Å². The van der Waals surface area contributed by atoms with Crippen LogP contribution in [-0.4, -0.2) is 27.7 Å². The van der Waals surface area contributed by atoms with E-state index in [0.29, 0.717) is 12.8 Å². The number of carboxylic acids is 1. The Morgan fingerprint density at radius 1 is 1.00 bits per heavy atom. The van der Waals surface area contributed by atoms with Crippen molar-refractivity contribution >= 4 is 5.97 Å². The summed E-state index contributed by atoms with van der Waals surface area (Å²) < 4.78 is 25.8. The maximum absolute atomic E-state index is 12.9. The van der Waals surface area contributed by atoms with Gasteiger partial charge in [-0.2, -0.15) is 0 Å². The van der Waals surface area contributed by atoms with E-state index < -0.39 is 35.7 Å². The lowest BCUT2D eigenvalue weighted by Crippen LogP contribution is -2.49. The third-order valence-electron chi connectivity index (χ3n) is 3.86. The van der Waals surface area contributed by atoms with Gasteiger partial charge in [-0.15, -0.1) is 0 Å². The summed E-state index contributed by atoms with van der Waals surface area (Å²) >= 11 is 0. The molecule has 86 valence electrons. The van der Waals surface area contributed by atoms with Crippen molar-refractivity contribution < 1.29 is 23.8 Å². The summed E-state index contributed by atoms with van der Waals surface area (Å²) in [5, 5.41) is 19.2. The second-order valence-electron chi connectivity index (χ2n) is 4.77. The van der Waals surface area contributed by atoms with Crippen LogP contribution in [0.15, 0.2) is 0 Å². The van der Waals surface area contributed by atoms with Gasteiger partial charge in [0.1, 0.15) is 0 Å². The van der Waals surface area contributed by atoms with E-state index >= 15 is 0 Å². The van der Waals surface area contributed by atoms with Crippen LogP contribution in [0.2, 0.25) is 0 Å². The van der Waals surface area contributed by atoms with Crippen LogP contribution in [0.1, 0.15) is 38.5 Å². The molecule has 0 amide bonds. The molecule has 3 nitrogen and oxygen atoms in total. The summed E-state index contributed by atoms with van der Waals surface area (Å²) in [6.07, 6.45) is -0.204. The van der Waals surface area contributed by atoms with Crippen LogP contribution in [-0.2, 0) is 4.79 Å². The Balaban J connectivity index is 2.13. The number of carboxylic acid groups (broad SMARTS) is 1. The highest BCUT2D eigenvalue weighted by molar-refractivity contribution is 5.79. The van der Waals surface area contributed by atoms with E-state index in [1.165, 1.54) is 0 Å². The number of hydrogen-bond donors (Lipinski definition) is 2. The normalized spacial score (nSPS) is 30.9. The Morgan fingerprint density at radius 2 is 1.47 bits per heavy atom. The van der Waals surface area contributed by atoms with Crippen molar-refractivity contribution in [2.75, 3.05) is 0 Å². The maximum Gasteiger partial charge on any atom is 0.312 e. The molecule has 0 radical (unpaired) electrons. The zero-order chi connectivity index (χ0) is 11.3. The van der Waals surface area contributed by atoms with Gasteiger partial charge in [0.2, 0.25) is 5.92 Å². The number of alkyl halides is 2. The highest BCUT2D eigenvalue weighted by Crippen LogP contribution is 2.60. The Morgan fingerprint density at radius 3 is 1.80 bits per heavy atom. The van der Waals surface area contributed by atoms with E-state index in [1.807, 2.05) is 0 Å². The molecular weight excluding hydrogens is 206 g/mol. The zero-order valence-corrected chi connectivity index (χ0v) is 8.30. The first kappa shape index (κ1) is 10.8. The van der Waals surface area contributed by atoms with E-state index in [-0.39, 0.29) is 12.8 Å². The van der Waals surface area contributed by atoms with Gasteiger partial charge in [0.05, 0.1) is 11.0 Å². The molecule has 0 heterocycles. The van der Waals surface area contributed by atoms with Gasteiger partial charge in [-0.25, -0.2) is 8.78 Å². The van der Waals surface area contributed by atoms with E-state index in [1.54, 1.807) is 0 Å². The second kappa shape index (κ2) is 2.90. The average molecular weight is 220 g/mol. The Kier molecular flexibility index (Phi) is 2.09. The van der Waals surface area contributed by atoms with Gasteiger partial charge in [-0.05, 0) is 25.7 Å². The van der Waals surface area contributed by atoms with Gasteiger partial charge in [0.25, 0.3) is 0 Å². The molecule has 0 aromatic carbocycles. The number of carbonyl (C=O) groups is 1. The fourth-order valence-electron chi connectivity index (χ4n) is 2.51. The van der Waals surface area contributed by atoms with Crippen molar-refractivity contribution in [1.29, 1.82) is 0 Å². The summed E-state index contributed by atoms with van der Waals surface area (Å²) in [4.78, 5) is 11.0. The summed E-state index contributed by atoms with van der Waals surface area (Å²) in [5.41, 5.74) is -2.55. The van der Waals surface area contributed by atoms with Crippen LogP contribution >= 0.6 is 0 Å². The molecule has 0 saturated heterocycles. The second-order valence-corrected chi connectivity index (χ2v) is 4.77. The van der Waals surface area contributed by atoms with Crippen LogP contribution in [0, 0.1) is 5.41 Å². The molecular formula is C10H14F2O3. The predicted molar refractivity (Wildman–Crippen MR) is 47.7 cm³/mol. The number of aliphatic hydroxyl groups is 1. The van der Waals surface area contributed by atoms with Gasteiger partial charge in [-0.3, -0.25) is 4.79 Å². The highest BCUT2D eigenvalue weighted by Gasteiger charge is 2.65. The molecule has 2 aliphatic rings. The summed E-state index contributed by atoms with van der Waals surface area (Å²) in [5.74, 6) is -3.78. The van der Waals surface area contributed by atoms with E-state index in [9.17, 15) is 18.7 Å². The lowest BCUT2D eigenvalue weighted by atomic mass is 9.72. The molecule has 0 aliphatic heterocycles. The van der Waals surface area contributed by atoms with Gasteiger partial charge < -0.3 is 10.2 Å². The predicted octanol–water partition coefficient (Wildman–Crippen LogP) is 1.79. The summed E-state index contributed by atoms with van der Waals surface area (Å²) in [6.45, 7) is 0. The topological polar surface area (TPSA) is 57.5 Å². The minimum absolute atomic E-state index is 0.105. The number of rotatable bonds is 2. The third kappa shape index (κ3) is 1.53. The van der Waals surface area contributed by atoms with Crippen LogP contribution in [0.3, 0.4) is 0 Å². The first-order chi connectivity index (χ1) is 6.81. The highest BCUT2D eigenvalue weighted by atomic mass is 19.3. The third-order valence-corrected chi connectivity index (χ3v) is 3.86. The molecule has 0 aromatic heterocycles. The maximum atomic E-state index is 12.9. The van der Waals surface area contributed by atoms with Crippen LogP contribution in [0.25, 0.3) is 0 Å². The fraction of sp³-hybridized carbons (Fsp3) is 0.900. The molecule has 2 saturated carbocycles. The smallest absolute Gasteiger partial charge is 0.312 e. The van der Waals surface area contributed by atoms with Crippen molar-refractivity contribution in [2.24, 2.45) is 5.41 Å². The van der Waals surface area contributed by atoms with Crippen molar-refractivity contribution in [3.63, 3.8) is 0 Å². The van der Waals surface area contributed by atoms with Crippen LogP contribution in [0.4, 0.5) is 8.78 Å². The van der Waals surface area contributed by atoms with Gasteiger partial charge >= 0.3 is 5.97 Å². The van der Waals surface area contributed by atoms with Crippen LogP contribution < -0.4 is 0 Å². The largest absolute Gasteiger partial charge is 0.481 e. The number of hydrogen-bond acceptors (Lipinski definition) is 2. The molecule has 2 aliphatic carbocycles. The quantitative estimate of drug-likeness (QED) is 0.745. The zero-order valence-electron chi connectivity index (χ0n) is 8.30. The van der Waals surface area contributed by atoms with E-state index in [2.05, 4.69) is 0 Å². The van der Waals surface area contributed by atoms with Crippen molar-refractivity contribution in [2.45, 2.75) is 50.0 Å². The van der Waals surface area contributed by atoms with Crippen molar-refractivity contribution in [3.8, 4) is 0 Å². The average Bonchev–Trinajstić information content (AvgIpc) is 2.91. The minimum Gasteiger partial charge on any atom is -0.481 e. The summed E-state index contributed by atoms with van der Waals surface area (Å²) in [7, 11) is 0. The SMILES string of the molecule is O=C(O)C1(C2(O)CCC(F)(F)CC2)CC1. The Bertz CT molecular complexity index is 287. The molecule has 0 atom stereocenters. The van der Waals surface area contributed by atoms with E-state index in [4.69, 9.17) is 5.11 Å². The minimum atomic E-state index is -2.74. The lowest BCUT2D eigenvalue weighted by Gasteiger charge is -2.40. The van der Waals surface area contributed by atoms with E-state index in [0.717, 1.165) is 0 Å². The van der Waals surface area contributed by atoms with Gasteiger partial charge in [0, 0.05) is 12.8 Å². The molecule has 5 heteroatoms. The molecule has 0 unspecified atom stereocenters. The molecule has 2 fully saturated rings. The molecule has 15 heavy (non-hydrogen) atoms. The van der Waals surface area contributed by atoms with Gasteiger partial charge in [-0.1, -0.05) is 0 Å². The molecule has 2 N–H and O–H groups in total. The Hall–Kier alpha value is -0.710. The van der Waals surface area contributed by atoms with Crippen LogP contribution in [0.5, 0.6) is 0 Å². The molecule has 0 bridgehead atoms. The molecule has 0 aromatic rings. The van der Waals surface area contributed by atoms with Crippen molar-refractivity contribution in [1.82, 2.24) is 0 Å². The molecule has 2 rings (SSSR count). The lowest BCUT2D eigenvalue weighted by molar-refractivity contribution is -0.170. The first-order valence-electron chi connectivity index (χ1n) is 5.15. The number of aliphatic carboxylic acids is 1. The summed E-state index contributed by atoms with van der Waals surface area (Å²) in [6, 6.07) is 0. The monoisotopic (exact) mass is 220 g/mol. The molecule has 0 spiro atoms. The van der Waals surface area contributed by atoms with Crippen molar-refractivity contribution in [3.05, 3.63) is 0 Å². The standard InChI is InChI=1S/C10H14F2O3/c11-10(12)5-3-9(15,4-6-10)8(1-2-8)7(13)14/h15H,1-6H2,(H,13,14). The number of halogens is 2. The first-order valence-corrected chi connectivity index (χ1v) is 5.15. The Labute approximate surface area is 86.1 Å². The fourth-order valence-corrected chi connectivity index (χ4v) is 2.51.